The van der Waals surface area contributed by atoms with Gasteiger partial charge in [0.25, 0.3) is 0 Å². The van der Waals surface area contributed by atoms with Gasteiger partial charge in [0.05, 0.1) is 6.10 Å². The number of benzene rings is 1. The van der Waals surface area contributed by atoms with Crippen molar-refractivity contribution < 1.29 is 13.5 Å². The standard InChI is InChI=1S/C13H18BrNO3S2/c1-9(16)11-4-3-10(7-12(11)14)15-5-6-19-8-13(15)20(2,17)18/h3-4,7,9,13,16H,5-6,8H2,1-2H3/t9-,13?/m0/s1. The number of aliphatic hydroxyl groups is 1. The van der Waals surface area contributed by atoms with E-state index in [1.54, 1.807) is 18.7 Å². The molecule has 2 atom stereocenters. The summed E-state index contributed by atoms with van der Waals surface area (Å²) >= 11 is 5.11. The van der Waals surface area contributed by atoms with Gasteiger partial charge in [0.1, 0.15) is 5.37 Å². The first-order valence-electron chi connectivity index (χ1n) is 6.31. The smallest absolute Gasteiger partial charge is 0.169 e. The van der Waals surface area contributed by atoms with Crippen molar-refractivity contribution in [2.75, 3.05) is 29.2 Å². The van der Waals surface area contributed by atoms with Gasteiger partial charge in [-0.05, 0) is 24.6 Å². The van der Waals surface area contributed by atoms with E-state index in [0.717, 1.165) is 21.5 Å². The van der Waals surface area contributed by atoms with Crippen molar-refractivity contribution in [3.05, 3.63) is 28.2 Å². The van der Waals surface area contributed by atoms with Crippen LogP contribution in [0.1, 0.15) is 18.6 Å². The highest BCUT2D eigenvalue weighted by atomic mass is 79.9. The largest absolute Gasteiger partial charge is 0.389 e. The van der Waals surface area contributed by atoms with E-state index in [4.69, 9.17) is 0 Å². The second-order valence-electron chi connectivity index (χ2n) is 4.93. The summed E-state index contributed by atoms with van der Waals surface area (Å²) in [6, 6.07) is 5.60. The van der Waals surface area contributed by atoms with Crippen molar-refractivity contribution in [3.63, 3.8) is 0 Å². The lowest BCUT2D eigenvalue weighted by molar-refractivity contribution is 0.198. The molecule has 112 valence electrons. The third-order valence-electron chi connectivity index (χ3n) is 3.34. The van der Waals surface area contributed by atoms with Gasteiger partial charge in [-0.3, -0.25) is 0 Å². The molecule has 0 spiro atoms. The van der Waals surface area contributed by atoms with Crippen LogP contribution in [0.4, 0.5) is 5.69 Å². The third kappa shape index (κ3) is 3.50. The Morgan fingerprint density at radius 1 is 1.50 bits per heavy atom. The fourth-order valence-electron chi connectivity index (χ4n) is 2.26. The molecule has 1 heterocycles. The molecule has 2 rings (SSSR count). The summed E-state index contributed by atoms with van der Waals surface area (Å²) in [7, 11) is -3.12. The molecule has 1 fully saturated rings. The molecule has 0 saturated carbocycles. The normalized spacial score (nSPS) is 21.8. The zero-order valence-corrected chi connectivity index (χ0v) is 14.6. The predicted octanol–water partition coefficient (Wildman–Crippen LogP) is 2.43. The molecule has 1 saturated heterocycles. The SMILES string of the molecule is C[C@H](O)c1ccc(N2CCSCC2S(C)(=O)=O)cc1Br. The van der Waals surface area contributed by atoms with Crippen molar-refractivity contribution >= 4 is 43.2 Å². The highest BCUT2D eigenvalue weighted by Gasteiger charge is 2.31. The molecule has 1 aliphatic rings. The molecule has 0 aliphatic carbocycles. The van der Waals surface area contributed by atoms with Crippen molar-refractivity contribution in [2.24, 2.45) is 0 Å². The lowest BCUT2D eigenvalue weighted by Crippen LogP contribution is -2.47. The van der Waals surface area contributed by atoms with Gasteiger partial charge in [-0.25, -0.2) is 8.42 Å². The number of hydrogen-bond donors (Lipinski definition) is 1. The minimum atomic E-state index is -3.12. The molecule has 1 aliphatic heterocycles. The monoisotopic (exact) mass is 379 g/mol. The molecule has 0 radical (unpaired) electrons. The van der Waals surface area contributed by atoms with Crippen LogP contribution in [0.3, 0.4) is 0 Å². The minimum Gasteiger partial charge on any atom is -0.389 e. The molecule has 1 aromatic rings. The number of nitrogens with zero attached hydrogens (tertiary/aromatic N) is 1. The Balaban J connectivity index is 2.36. The molecule has 20 heavy (non-hydrogen) atoms. The van der Waals surface area contributed by atoms with Crippen LogP contribution in [0.25, 0.3) is 0 Å². The Morgan fingerprint density at radius 2 is 2.20 bits per heavy atom. The van der Waals surface area contributed by atoms with Crippen LogP contribution >= 0.6 is 27.7 Å². The average Bonchev–Trinajstić information content (AvgIpc) is 2.37. The van der Waals surface area contributed by atoms with Crippen molar-refractivity contribution in [3.8, 4) is 0 Å². The maximum atomic E-state index is 11.9. The Kier molecular flexibility index (Phi) is 5.05. The number of rotatable bonds is 3. The Bertz CT molecular complexity index is 589. The topological polar surface area (TPSA) is 57.6 Å². The maximum Gasteiger partial charge on any atom is 0.169 e. The van der Waals surface area contributed by atoms with Crippen LogP contribution in [-0.4, -0.2) is 43.2 Å². The van der Waals surface area contributed by atoms with E-state index in [1.807, 2.05) is 23.1 Å². The van der Waals surface area contributed by atoms with Gasteiger partial charge in [0.2, 0.25) is 0 Å². The Labute approximate surface area is 132 Å². The number of hydrogen-bond acceptors (Lipinski definition) is 5. The van der Waals surface area contributed by atoms with Crippen molar-refractivity contribution in [2.45, 2.75) is 18.4 Å². The zero-order valence-electron chi connectivity index (χ0n) is 11.4. The fourth-order valence-corrected chi connectivity index (χ4v) is 5.80. The third-order valence-corrected chi connectivity index (χ3v) is 6.67. The molecular weight excluding hydrogens is 362 g/mol. The van der Waals surface area contributed by atoms with Crippen molar-refractivity contribution in [1.29, 1.82) is 0 Å². The number of sulfone groups is 1. The second-order valence-corrected chi connectivity index (χ2v) is 9.14. The van der Waals surface area contributed by atoms with Crippen LogP contribution in [0.15, 0.2) is 22.7 Å². The first kappa shape index (κ1) is 16.1. The summed E-state index contributed by atoms with van der Waals surface area (Å²) in [6.07, 6.45) is 0.733. The Hall–Kier alpha value is -0.240. The van der Waals surface area contributed by atoms with Gasteiger partial charge in [-0.15, -0.1) is 0 Å². The van der Waals surface area contributed by atoms with Gasteiger partial charge in [-0.2, -0.15) is 11.8 Å². The number of aliphatic hydroxyl groups excluding tert-OH is 1. The van der Waals surface area contributed by atoms with E-state index in [9.17, 15) is 13.5 Å². The number of anilines is 1. The highest BCUT2D eigenvalue weighted by Crippen LogP contribution is 2.32. The molecule has 7 heteroatoms. The van der Waals surface area contributed by atoms with Crippen LogP contribution in [-0.2, 0) is 9.84 Å². The molecule has 0 amide bonds. The number of thioether (sulfide) groups is 1. The summed E-state index contributed by atoms with van der Waals surface area (Å²) in [5, 5.41) is 9.16. The average molecular weight is 380 g/mol. The molecule has 0 aromatic heterocycles. The minimum absolute atomic E-state index is 0.481. The van der Waals surface area contributed by atoms with E-state index < -0.39 is 21.3 Å². The van der Waals surface area contributed by atoms with Gasteiger partial charge < -0.3 is 10.0 Å². The van der Waals surface area contributed by atoms with E-state index in [0.29, 0.717) is 12.3 Å². The van der Waals surface area contributed by atoms with Crippen molar-refractivity contribution in [1.82, 2.24) is 0 Å². The van der Waals surface area contributed by atoms with Gasteiger partial charge in [0, 0.05) is 34.5 Å². The molecule has 0 bridgehead atoms. The molecular formula is C13H18BrNO3S2. The summed E-state index contributed by atoms with van der Waals surface area (Å²) < 4.78 is 24.6. The zero-order chi connectivity index (χ0) is 14.9. The highest BCUT2D eigenvalue weighted by molar-refractivity contribution is 9.10. The summed E-state index contributed by atoms with van der Waals surface area (Å²) in [5.41, 5.74) is 1.67. The Morgan fingerprint density at radius 3 is 2.75 bits per heavy atom. The van der Waals surface area contributed by atoms with Gasteiger partial charge >= 0.3 is 0 Å². The van der Waals surface area contributed by atoms with Crippen LogP contribution in [0.5, 0.6) is 0 Å². The molecule has 1 aromatic carbocycles. The summed E-state index contributed by atoms with van der Waals surface area (Å²) in [5.74, 6) is 1.51. The lowest BCUT2D eigenvalue weighted by Gasteiger charge is -2.36. The lowest BCUT2D eigenvalue weighted by atomic mass is 10.1. The van der Waals surface area contributed by atoms with Crippen LogP contribution < -0.4 is 4.90 Å². The van der Waals surface area contributed by atoms with E-state index in [1.165, 1.54) is 6.26 Å². The fraction of sp³-hybridized carbons (Fsp3) is 0.538. The molecule has 4 nitrogen and oxygen atoms in total. The number of halogens is 1. The first-order chi connectivity index (χ1) is 9.30. The quantitative estimate of drug-likeness (QED) is 0.873. The van der Waals surface area contributed by atoms with Crippen LogP contribution in [0.2, 0.25) is 0 Å². The van der Waals surface area contributed by atoms with E-state index >= 15 is 0 Å². The van der Waals surface area contributed by atoms with Gasteiger partial charge in [-0.1, -0.05) is 22.0 Å². The van der Waals surface area contributed by atoms with E-state index in [2.05, 4.69) is 15.9 Å². The van der Waals surface area contributed by atoms with Gasteiger partial charge in [0.15, 0.2) is 9.84 Å². The molecule has 1 unspecified atom stereocenters. The summed E-state index contributed by atoms with van der Waals surface area (Å²) in [6.45, 7) is 2.42. The predicted molar refractivity (Wildman–Crippen MR) is 88.1 cm³/mol. The first-order valence-corrected chi connectivity index (χ1v) is 10.2. The van der Waals surface area contributed by atoms with Crippen LogP contribution in [0, 0.1) is 0 Å². The van der Waals surface area contributed by atoms with E-state index in [-0.39, 0.29) is 0 Å². The summed E-state index contributed by atoms with van der Waals surface area (Å²) in [4.78, 5) is 1.93. The molecule has 1 N–H and O–H groups in total. The second kappa shape index (κ2) is 6.25. The maximum absolute atomic E-state index is 11.9.